The number of carbonyl (C=O) groups is 1. The van der Waals surface area contributed by atoms with Crippen molar-refractivity contribution in [3.05, 3.63) is 42.5 Å². The van der Waals surface area contributed by atoms with Crippen molar-refractivity contribution in [3.8, 4) is 0 Å². The topological polar surface area (TPSA) is 40.5 Å². The predicted molar refractivity (Wildman–Crippen MR) is 112 cm³/mol. The Bertz CT molecular complexity index is 954. The minimum atomic E-state index is 0.0681. The van der Waals surface area contributed by atoms with Crippen LogP contribution in [-0.2, 0) is 11.3 Å². The highest BCUT2D eigenvalue weighted by molar-refractivity contribution is 6.09. The summed E-state index contributed by atoms with van der Waals surface area (Å²) in [6.07, 6.45) is 0. The summed E-state index contributed by atoms with van der Waals surface area (Å²) in [5.41, 5.74) is 3.33. The number of anilines is 1. The van der Waals surface area contributed by atoms with Crippen LogP contribution < -0.4 is 5.32 Å². The van der Waals surface area contributed by atoms with Crippen LogP contribution in [0.4, 0.5) is 5.69 Å². The number of aromatic nitrogens is 1. The fourth-order valence-electron chi connectivity index (χ4n) is 4.14. The van der Waals surface area contributed by atoms with E-state index < -0.39 is 0 Å². The van der Waals surface area contributed by atoms with Crippen LogP contribution in [0.1, 0.15) is 13.8 Å². The minimum Gasteiger partial charge on any atom is -0.341 e. The van der Waals surface area contributed by atoms with E-state index >= 15 is 0 Å². The largest absolute Gasteiger partial charge is 0.341 e. The number of hydrogen-bond acceptors (Lipinski definition) is 3. The lowest BCUT2D eigenvalue weighted by molar-refractivity contribution is -0.117. The molecule has 0 bridgehead atoms. The van der Waals surface area contributed by atoms with Crippen LogP contribution in [0.5, 0.6) is 0 Å². The maximum atomic E-state index is 12.5. The number of benzene rings is 2. The molecule has 2 heterocycles. The zero-order valence-corrected chi connectivity index (χ0v) is 16.2. The van der Waals surface area contributed by atoms with Gasteiger partial charge in [-0.05, 0) is 37.7 Å². The molecule has 3 aromatic rings. The number of nitrogens with one attached hydrogen (secondary N) is 1. The summed E-state index contributed by atoms with van der Waals surface area (Å²) < 4.78 is 2.32. The quantitative estimate of drug-likeness (QED) is 0.754. The first kappa shape index (κ1) is 18.0. The number of piperazine rings is 1. The molecule has 4 rings (SSSR count). The van der Waals surface area contributed by atoms with E-state index in [0.29, 0.717) is 6.54 Å². The summed E-state index contributed by atoms with van der Waals surface area (Å²) in [7, 11) is 0. The monoisotopic (exact) mass is 364 g/mol. The van der Waals surface area contributed by atoms with E-state index in [1.54, 1.807) is 0 Å². The molecule has 1 aromatic heterocycles. The van der Waals surface area contributed by atoms with Crippen LogP contribution >= 0.6 is 0 Å². The van der Waals surface area contributed by atoms with Gasteiger partial charge in [-0.3, -0.25) is 9.69 Å². The molecular formula is C22H28N4O. The summed E-state index contributed by atoms with van der Waals surface area (Å²) in [5, 5.41) is 5.53. The van der Waals surface area contributed by atoms with Gasteiger partial charge >= 0.3 is 0 Å². The van der Waals surface area contributed by atoms with Gasteiger partial charge in [-0.15, -0.1) is 0 Å². The van der Waals surface area contributed by atoms with Crippen molar-refractivity contribution in [2.45, 2.75) is 20.4 Å². The summed E-state index contributed by atoms with van der Waals surface area (Å²) in [6.45, 7) is 10.9. The second-order valence-corrected chi connectivity index (χ2v) is 7.25. The summed E-state index contributed by atoms with van der Waals surface area (Å²) in [5.74, 6) is 0.0681. The molecule has 27 heavy (non-hydrogen) atoms. The first-order chi connectivity index (χ1) is 13.2. The van der Waals surface area contributed by atoms with Crippen LogP contribution in [0.3, 0.4) is 0 Å². The highest BCUT2D eigenvalue weighted by Crippen LogP contribution is 2.30. The normalized spacial score (nSPS) is 16.2. The summed E-state index contributed by atoms with van der Waals surface area (Å²) >= 11 is 0. The molecule has 1 N–H and O–H groups in total. The Kier molecular flexibility index (Phi) is 5.14. The third-order valence-electron chi connectivity index (χ3n) is 5.65. The molecule has 1 aliphatic rings. The molecular weight excluding hydrogens is 336 g/mol. The average Bonchev–Trinajstić information content (AvgIpc) is 3.01. The van der Waals surface area contributed by atoms with Gasteiger partial charge in [0.15, 0.2) is 0 Å². The molecule has 1 amide bonds. The minimum absolute atomic E-state index is 0.0681. The maximum absolute atomic E-state index is 12.5. The molecule has 1 saturated heterocycles. The second-order valence-electron chi connectivity index (χ2n) is 7.25. The van der Waals surface area contributed by atoms with E-state index in [4.69, 9.17) is 0 Å². The fraction of sp³-hybridized carbons (Fsp3) is 0.409. The molecule has 2 aromatic carbocycles. The van der Waals surface area contributed by atoms with E-state index in [2.05, 4.69) is 69.9 Å². The van der Waals surface area contributed by atoms with E-state index in [1.807, 2.05) is 6.07 Å². The number of amides is 1. The first-order valence-electron chi connectivity index (χ1n) is 9.95. The number of likely N-dealkylation sites (N-methyl/N-ethyl adjacent to an activating group) is 1. The van der Waals surface area contributed by atoms with Crippen LogP contribution in [0.2, 0.25) is 0 Å². The molecule has 1 aliphatic heterocycles. The van der Waals surface area contributed by atoms with Gasteiger partial charge in [-0.1, -0.05) is 25.1 Å². The maximum Gasteiger partial charge on any atom is 0.238 e. The Morgan fingerprint density at radius 1 is 0.889 bits per heavy atom. The Balaban J connectivity index is 1.51. The number of aryl methyl sites for hydroxylation is 1. The Morgan fingerprint density at radius 2 is 1.59 bits per heavy atom. The SMILES string of the molecule is CCN1CCN(CC(=O)Nc2ccc3c(c2)c2ccccc2n3CC)CC1. The van der Waals surface area contributed by atoms with Crippen molar-refractivity contribution in [2.24, 2.45) is 0 Å². The van der Waals surface area contributed by atoms with Gasteiger partial charge in [-0.2, -0.15) is 0 Å². The van der Waals surface area contributed by atoms with Crippen molar-refractivity contribution < 1.29 is 4.79 Å². The molecule has 0 saturated carbocycles. The van der Waals surface area contributed by atoms with Gasteiger partial charge in [0.05, 0.1) is 6.54 Å². The highest BCUT2D eigenvalue weighted by atomic mass is 16.2. The van der Waals surface area contributed by atoms with E-state index in [1.165, 1.54) is 21.8 Å². The Hall–Kier alpha value is -2.37. The van der Waals surface area contributed by atoms with Gasteiger partial charge < -0.3 is 14.8 Å². The van der Waals surface area contributed by atoms with Gasteiger partial charge in [-0.25, -0.2) is 0 Å². The molecule has 0 unspecified atom stereocenters. The number of hydrogen-bond donors (Lipinski definition) is 1. The lowest BCUT2D eigenvalue weighted by atomic mass is 10.1. The van der Waals surface area contributed by atoms with Crippen LogP contribution in [0, 0.1) is 0 Å². The standard InChI is InChI=1S/C22H28N4O/c1-3-24-11-13-25(14-12-24)16-22(27)23-17-9-10-21-19(15-17)18-7-5-6-8-20(18)26(21)4-2/h5-10,15H,3-4,11-14,16H2,1-2H3,(H,23,27). The molecule has 0 aliphatic carbocycles. The van der Waals surface area contributed by atoms with Crippen molar-refractivity contribution in [1.29, 1.82) is 0 Å². The van der Waals surface area contributed by atoms with Crippen molar-refractivity contribution in [1.82, 2.24) is 14.4 Å². The molecule has 142 valence electrons. The lowest BCUT2D eigenvalue weighted by Crippen LogP contribution is -2.48. The van der Waals surface area contributed by atoms with Crippen LogP contribution in [-0.4, -0.2) is 59.5 Å². The van der Waals surface area contributed by atoms with Crippen molar-refractivity contribution in [3.63, 3.8) is 0 Å². The van der Waals surface area contributed by atoms with E-state index in [0.717, 1.165) is 45.0 Å². The zero-order chi connectivity index (χ0) is 18.8. The molecule has 0 radical (unpaired) electrons. The third kappa shape index (κ3) is 3.57. The highest BCUT2D eigenvalue weighted by Gasteiger charge is 2.18. The van der Waals surface area contributed by atoms with Gasteiger partial charge in [0.1, 0.15) is 0 Å². The number of nitrogens with zero attached hydrogens (tertiary/aromatic N) is 3. The lowest BCUT2D eigenvalue weighted by Gasteiger charge is -2.33. The smallest absolute Gasteiger partial charge is 0.238 e. The molecule has 5 heteroatoms. The van der Waals surface area contributed by atoms with Crippen LogP contribution in [0.25, 0.3) is 21.8 Å². The Labute approximate surface area is 160 Å². The van der Waals surface area contributed by atoms with Gasteiger partial charge in [0.25, 0.3) is 0 Å². The summed E-state index contributed by atoms with van der Waals surface area (Å²) in [6, 6.07) is 14.7. The number of rotatable bonds is 5. The third-order valence-corrected chi connectivity index (χ3v) is 5.65. The fourth-order valence-corrected chi connectivity index (χ4v) is 4.14. The molecule has 0 atom stereocenters. The number of fused-ring (bicyclic) bond motifs is 3. The molecule has 5 nitrogen and oxygen atoms in total. The number of para-hydroxylation sites is 1. The Morgan fingerprint density at radius 3 is 2.33 bits per heavy atom. The average molecular weight is 364 g/mol. The van der Waals surface area contributed by atoms with Crippen LogP contribution in [0.15, 0.2) is 42.5 Å². The van der Waals surface area contributed by atoms with Gasteiger partial charge in [0, 0.05) is 60.2 Å². The van der Waals surface area contributed by atoms with Crippen molar-refractivity contribution in [2.75, 3.05) is 44.6 Å². The predicted octanol–water partition coefficient (Wildman–Crippen LogP) is 3.39. The van der Waals surface area contributed by atoms with E-state index in [9.17, 15) is 4.79 Å². The second kappa shape index (κ2) is 7.71. The van der Waals surface area contributed by atoms with E-state index in [-0.39, 0.29) is 5.91 Å². The molecule has 1 fully saturated rings. The molecule has 0 spiro atoms. The summed E-state index contributed by atoms with van der Waals surface area (Å²) in [4.78, 5) is 17.2. The number of carbonyl (C=O) groups excluding carboxylic acids is 1. The van der Waals surface area contributed by atoms with Crippen molar-refractivity contribution >= 4 is 33.4 Å². The van der Waals surface area contributed by atoms with Gasteiger partial charge in [0.2, 0.25) is 5.91 Å². The zero-order valence-electron chi connectivity index (χ0n) is 16.2. The first-order valence-corrected chi connectivity index (χ1v) is 9.95.